The molecule has 0 aromatic heterocycles. The predicted molar refractivity (Wildman–Crippen MR) is 49.6 cm³/mol. The number of hydrogen-bond donors (Lipinski definition) is 0. The second kappa shape index (κ2) is 5.73. The maximum atomic E-state index is 10.4. The Morgan fingerprint density at radius 3 is 2.71 bits per heavy atom. The highest BCUT2D eigenvalue weighted by molar-refractivity contribution is 5.45. The van der Waals surface area contributed by atoms with Gasteiger partial charge in [-0.05, 0) is 5.56 Å². The van der Waals surface area contributed by atoms with Crippen molar-refractivity contribution in [2.75, 3.05) is 6.54 Å². The van der Waals surface area contributed by atoms with Crippen LogP contribution in [0.2, 0.25) is 0 Å². The van der Waals surface area contributed by atoms with Gasteiger partial charge in [-0.15, -0.1) is 0 Å². The fourth-order valence-corrected chi connectivity index (χ4v) is 0.915. The molecular formula is C10H10N2O2. The molecular weight excluding hydrogens is 180 g/mol. The van der Waals surface area contributed by atoms with Crippen LogP contribution in [0.25, 0.3) is 0 Å². The molecule has 4 nitrogen and oxygen atoms in total. The Labute approximate surface area is 82.3 Å². The summed E-state index contributed by atoms with van der Waals surface area (Å²) in [6, 6.07) is 11.3. The SMILES string of the molecule is N#CCN(C=O)OCc1ccccc1. The first-order valence-corrected chi connectivity index (χ1v) is 4.12. The fraction of sp³-hybridized carbons (Fsp3) is 0.200. The van der Waals surface area contributed by atoms with E-state index < -0.39 is 0 Å². The van der Waals surface area contributed by atoms with E-state index in [0.29, 0.717) is 13.0 Å². The number of carbonyl (C=O) groups excluding carboxylic acids is 1. The summed E-state index contributed by atoms with van der Waals surface area (Å²) in [5.41, 5.74) is 0.956. The Hall–Kier alpha value is -1.86. The zero-order valence-electron chi connectivity index (χ0n) is 7.59. The van der Waals surface area contributed by atoms with Crippen molar-refractivity contribution in [3.63, 3.8) is 0 Å². The van der Waals surface area contributed by atoms with E-state index >= 15 is 0 Å². The molecule has 0 saturated carbocycles. The minimum atomic E-state index is -0.0592. The number of nitriles is 1. The van der Waals surface area contributed by atoms with Gasteiger partial charge in [0.2, 0.25) is 6.41 Å². The summed E-state index contributed by atoms with van der Waals surface area (Å²) in [7, 11) is 0. The number of hydrogen-bond acceptors (Lipinski definition) is 3. The highest BCUT2D eigenvalue weighted by Gasteiger charge is 2.00. The van der Waals surface area contributed by atoms with Gasteiger partial charge in [0.15, 0.2) is 0 Å². The van der Waals surface area contributed by atoms with Crippen molar-refractivity contribution in [1.29, 1.82) is 5.26 Å². The third-order valence-electron chi connectivity index (χ3n) is 1.58. The molecule has 0 heterocycles. The van der Waals surface area contributed by atoms with Crippen molar-refractivity contribution in [3.05, 3.63) is 35.9 Å². The van der Waals surface area contributed by atoms with Gasteiger partial charge in [-0.3, -0.25) is 9.63 Å². The predicted octanol–water partition coefficient (Wildman–Crippen LogP) is 1.10. The van der Waals surface area contributed by atoms with Crippen LogP contribution in [0.15, 0.2) is 30.3 Å². The van der Waals surface area contributed by atoms with Gasteiger partial charge in [0.05, 0.1) is 6.07 Å². The molecule has 0 aliphatic heterocycles. The normalized spacial score (nSPS) is 9.07. The minimum Gasteiger partial charge on any atom is -0.276 e. The van der Waals surface area contributed by atoms with Crippen LogP contribution in [0.5, 0.6) is 0 Å². The maximum absolute atomic E-state index is 10.4. The van der Waals surface area contributed by atoms with Crippen LogP contribution in [0.3, 0.4) is 0 Å². The lowest BCUT2D eigenvalue weighted by molar-refractivity contribution is -0.172. The molecule has 0 radical (unpaired) electrons. The lowest BCUT2D eigenvalue weighted by Crippen LogP contribution is -2.22. The van der Waals surface area contributed by atoms with Crippen LogP contribution in [0.4, 0.5) is 0 Å². The topological polar surface area (TPSA) is 53.3 Å². The number of nitrogens with zero attached hydrogens (tertiary/aromatic N) is 2. The molecule has 1 amide bonds. The Morgan fingerprint density at radius 2 is 2.14 bits per heavy atom. The van der Waals surface area contributed by atoms with E-state index in [4.69, 9.17) is 10.1 Å². The molecule has 0 aliphatic rings. The van der Waals surface area contributed by atoms with Crippen LogP contribution in [0, 0.1) is 11.3 Å². The Kier molecular flexibility index (Phi) is 4.18. The fourth-order valence-electron chi connectivity index (χ4n) is 0.915. The van der Waals surface area contributed by atoms with Gasteiger partial charge in [-0.1, -0.05) is 30.3 Å². The van der Waals surface area contributed by atoms with Crippen LogP contribution in [-0.4, -0.2) is 18.0 Å². The second-order valence-corrected chi connectivity index (χ2v) is 2.60. The lowest BCUT2D eigenvalue weighted by atomic mass is 10.2. The van der Waals surface area contributed by atoms with Crippen molar-refractivity contribution >= 4 is 6.41 Å². The van der Waals surface area contributed by atoms with Crippen LogP contribution >= 0.6 is 0 Å². The average molecular weight is 190 g/mol. The zero-order chi connectivity index (χ0) is 10.2. The number of benzene rings is 1. The van der Waals surface area contributed by atoms with Gasteiger partial charge in [0.25, 0.3) is 0 Å². The Balaban J connectivity index is 2.40. The largest absolute Gasteiger partial charge is 0.276 e. The quantitative estimate of drug-likeness (QED) is 0.397. The van der Waals surface area contributed by atoms with Gasteiger partial charge in [0, 0.05) is 0 Å². The van der Waals surface area contributed by atoms with Gasteiger partial charge in [-0.25, -0.2) is 5.06 Å². The van der Waals surface area contributed by atoms with E-state index in [2.05, 4.69) is 0 Å². The maximum Gasteiger partial charge on any atom is 0.234 e. The summed E-state index contributed by atoms with van der Waals surface area (Å²) in [5, 5.41) is 9.30. The molecule has 0 spiro atoms. The van der Waals surface area contributed by atoms with E-state index in [1.807, 2.05) is 36.4 Å². The lowest BCUT2D eigenvalue weighted by Gasteiger charge is -2.12. The summed E-state index contributed by atoms with van der Waals surface area (Å²) in [4.78, 5) is 15.4. The summed E-state index contributed by atoms with van der Waals surface area (Å²) in [6.45, 7) is 0.234. The Bertz CT molecular complexity index is 319. The average Bonchev–Trinajstić information content (AvgIpc) is 2.25. The molecule has 0 atom stereocenters. The molecule has 1 aromatic carbocycles. The number of hydroxylamine groups is 2. The van der Waals surface area contributed by atoms with Crippen LogP contribution < -0.4 is 0 Å². The van der Waals surface area contributed by atoms with Gasteiger partial charge < -0.3 is 0 Å². The third-order valence-corrected chi connectivity index (χ3v) is 1.58. The van der Waals surface area contributed by atoms with Gasteiger partial charge in [0.1, 0.15) is 13.2 Å². The van der Waals surface area contributed by atoms with Crippen molar-refractivity contribution in [2.45, 2.75) is 6.61 Å². The number of carbonyl (C=O) groups is 1. The summed E-state index contributed by atoms with van der Waals surface area (Å²) >= 11 is 0. The smallest absolute Gasteiger partial charge is 0.234 e. The van der Waals surface area contributed by atoms with Crippen molar-refractivity contribution in [3.8, 4) is 6.07 Å². The van der Waals surface area contributed by atoms with E-state index in [-0.39, 0.29) is 6.54 Å². The molecule has 0 saturated heterocycles. The first-order chi connectivity index (χ1) is 6.86. The second-order valence-electron chi connectivity index (χ2n) is 2.60. The molecule has 0 fully saturated rings. The first-order valence-electron chi connectivity index (χ1n) is 4.12. The van der Waals surface area contributed by atoms with E-state index in [1.54, 1.807) is 0 Å². The standard InChI is InChI=1S/C10H10N2O2/c11-6-7-12(9-13)14-8-10-4-2-1-3-5-10/h1-5,9H,7-8H2. The molecule has 0 bridgehead atoms. The van der Waals surface area contributed by atoms with Crippen molar-refractivity contribution < 1.29 is 9.63 Å². The van der Waals surface area contributed by atoms with E-state index in [1.165, 1.54) is 0 Å². The molecule has 72 valence electrons. The number of amides is 1. The molecule has 1 aromatic rings. The number of rotatable bonds is 5. The van der Waals surface area contributed by atoms with E-state index in [0.717, 1.165) is 10.6 Å². The molecule has 0 unspecified atom stereocenters. The molecule has 14 heavy (non-hydrogen) atoms. The highest BCUT2D eigenvalue weighted by atomic mass is 16.7. The minimum absolute atomic E-state index is 0.0592. The van der Waals surface area contributed by atoms with Crippen LogP contribution in [0.1, 0.15) is 5.56 Å². The molecule has 0 N–H and O–H groups in total. The van der Waals surface area contributed by atoms with Crippen molar-refractivity contribution in [2.24, 2.45) is 0 Å². The monoisotopic (exact) mass is 190 g/mol. The first kappa shape index (κ1) is 10.2. The van der Waals surface area contributed by atoms with Crippen LogP contribution in [-0.2, 0) is 16.2 Å². The molecule has 1 rings (SSSR count). The Morgan fingerprint density at radius 1 is 1.43 bits per heavy atom. The summed E-state index contributed by atoms with van der Waals surface area (Å²) in [6.07, 6.45) is 0.492. The molecule has 4 heteroatoms. The third kappa shape index (κ3) is 3.25. The highest BCUT2D eigenvalue weighted by Crippen LogP contribution is 2.01. The van der Waals surface area contributed by atoms with Gasteiger partial charge in [-0.2, -0.15) is 5.26 Å². The summed E-state index contributed by atoms with van der Waals surface area (Å²) < 4.78 is 0. The zero-order valence-corrected chi connectivity index (χ0v) is 7.59. The van der Waals surface area contributed by atoms with Crippen molar-refractivity contribution in [1.82, 2.24) is 5.06 Å². The molecule has 0 aliphatic carbocycles. The van der Waals surface area contributed by atoms with Gasteiger partial charge >= 0.3 is 0 Å². The summed E-state index contributed by atoms with van der Waals surface area (Å²) in [5.74, 6) is 0. The van der Waals surface area contributed by atoms with E-state index in [9.17, 15) is 4.79 Å².